The summed E-state index contributed by atoms with van der Waals surface area (Å²) in [5.41, 5.74) is 6.77. The third-order valence-electron chi connectivity index (χ3n) is 3.14. The fourth-order valence-electron chi connectivity index (χ4n) is 1.97. The normalized spacial score (nSPS) is 9.92. The molecule has 0 atom stereocenters. The van der Waals surface area contributed by atoms with Gasteiger partial charge in [-0.25, -0.2) is 9.59 Å². The summed E-state index contributed by atoms with van der Waals surface area (Å²) in [5.74, 6) is -1.30. The Kier molecular flexibility index (Phi) is 5.16. The minimum Gasteiger partial charge on any atom is -0.453 e. The second-order valence-electron chi connectivity index (χ2n) is 4.95. The van der Waals surface area contributed by atoms with E-state index < -0.39 is 18.0 Å². The van der Waals surface area contributed by atoms with Gasteiger partial charge in [0.1, 0.15) is 5.75 Å². The Morgan fingerprint density at radius 1 is 1.08 bits per heavy atom. The molecule has 0 radical (unpaired) electrons. The molecule has 0 aliphatic rings. The molecule has 7 heteroatoms. The van der Waals surface area contributed by atoms with Gasteiger partial charge in [-0.3, -0.25) is 10.1 Å². The smallest absolute Gasteiger partial charge is 0.411 e. The fourth-order valence-corrected chi connectivity index (χ4v) is 1.97. The Bertz CT molecular complexity index is 801. The van der Waals surface area contributed by atoms with Crippen LogP contribution >= 0.6 is 0 Å². The molecule has 2 rings (SSSR count). The van der Waals surface area contributed by atoms with Gasteiger partial charge in [-0.15, -0.1) is 0 Å². The topological polar surface area (TPSA) is 108 Å². The molecule has 0 aliphatic heterocycles. The number of aryl methyl sites for hydroxylation is 1. The first-order chi connectivity index (χ1) is 11.4. The molecule has 24 heavy (non-hydrogen) atoms. The highest BCUT2D eigenvalue weighted by molar-refractivity contribution is 5.98. The Balaban J connectivity index is 2.24. The fraction of sp³-hybridized carbons (Fsp3) is 0.118. The molecule has 0 saturated heterocycles. The standard InChI is InChI=1S/C17H16N2O5/c1-10-6-7-13(15(18)20)14(8-10)24-16(21)11-4-3-5-12(9-11)19-17(22)23-2/h3-9H,1-2H3,(H2,18,20)(H,19,22). The third kappa shape index (κ3) is 4.10. The molecule has 124 valence electrons. The van der Waals surface area contributed by atoms with E-state index in [1.807, 2.05) is 0 Å². The number of primary amides is 1. The van der Waals surface area contributed by atoms with Crippen molar-refractivity contribution in [1.29, 1.82) is 0 Å². The van der Waals surface area contributed by atoms with Gasteiger partial charge in [-0.1, -0.05) is 12.1 Å². The van der Waals surface area contributed by atoms with Crippen molar-refractivity contribution in [3.05, 3.63) is 59.2 Å². The number of carbonyl (C=O) groups excluding carboxylic acids is 3. The third-order valence-corrected chi connectivity index (χ3v) is 3.14. The molecule has 3 N–H and O–H groups in total. The maximum absolute atomic E-state index is 12.3. The molecular formula is C17H16N2O5. The van der Waals surface area contributed by atoms with Crippen molar-refractivity contribution in [1.82, 2.24) is 0 Å². The summed E-state index contributed by atoms with van der Waals surface area (Å²) in [7, 11) is 1.23. The number of carbonyl (C=O) groups is 3. The average Bonchev–Trinajstić information content (AvgIpc) is 2.54. The second-order valence-corrected chi connectivity index (χ2v) is 4.95. The van der Waals surface area contributed by atoms with Crippen LogP contribution in [0.3, 0.4) is 0 Å². The highest BCUT2D eigenvalue weighted by atomic mass is 16.5. The van der Waals surface area contributed by atoms with E-state index in [0.29, 0.717) is 5.69 Å². The van der Waals surface area contributed by atoms with Crippen LogP contribution in [0.4, 0.5) is 10.5 Å². The number of ether oxygens (including phenoxy) is 2. The van der Waals surface area contributed by atoms with Gasteiger partial charge in [-0.05, 0) is 42.8 Å². The van der Waals surface area contributed by atoms with Crippen molar-refractivity contribution in [2.24, 2.45) is 5.73 Å². The van der Waals surface area contributed by atoms with Crippen LogP contribution in [0.15, 0.2) is 42.5 Å². The maximum Gasteiger partial charge on any atom is 0.411 e. The Hall–Kier alpha value is -3.35. The van der Waals surface area contributed by atoms with Gasteiger partial charge >= 0.3 is 12.1 Å². The molecule has 0 aliphatic carbocycles. The number of hydrogen-bond donors (Lipinski definition) is 2. The first-order valence-corrected chi connectivity index (χ1v) is 6.98. The summed E-state index contributed by atoms with van der Waals surface area (Å²) < 4.78 is 9.76. The van der Waals surface area contributed by atoms with Gasteiger partial charge in [0.2, 0.25) is 0 Å². The van der Waals surface area contributed by atoms with Gasteiger partial charge in [-0.2, -0.15) is 0 Å². The van der Waals surface area contributed by atoms with Crippen molar-refractivity contribution < 1.29 is 23.9 Å². The summed E-state index contributed by atoms with van der Waals surface area (Å²) in [6.45, 7) is 1.79. The summed E-state index contributed by atoms with van der Waals surface area (Å²) in [5, 5.41) is 2.45. The molecule has 2 aromatic carbocycles. The number of amides is 2. The van der Waals surface area contributed by atoms with Crippen molar-refractivity contribution in [2.75, 3.05) is 12.4 Å². The predicted molar refractivity (Wildman–Crippen MR) is 87.1 cm³/mol. The van der Waals surface area contributed by atoms with E-state index in [9.17, 15) is 14.4 Å². The van der Waals surface area contributed by atoms with E-state index in [1.165, 1.54) is 25.3 Å². The zero-order valence-electron chi connectivity index (χ0n) is 13.2. The molecule has 2 amide bonds. The van der Waals surface area contributed by atoms with Crippen LogP contribution in [-0.2, 0) is 4.74 Å². The van der Waals surface area contributed by atoms with Crippen molar-refractivity contribution in [3.8, 4) is 5.75 Å². The summed E-state index contributed by atoms with van der Waals surface area (Å²) in [6.07, 6.45) is -0.657. The molecule has 0 heterocycles. The number of methoxy groups -OCH3 is 1. The molecule has 0 unspecified atom stereocenters. The van der Waals surface area contributed by atoms with Crippen molar-refractivity contribution in [3.63, 3.8) is 0 Å². The van der Waals surface area contributed by atoms with Crippen LogP contribution in [0.2, 0.25) is 0 Å². The summed E-state index contributed by atoms with van der Waals surface area (Å²) in [4.78, 5) is 34.9. The number of esters is 1. The molecule has 0 bridgehead atoms. The van der Waals surface area contributed by atoms with Crippen LogP contribution in [0.1, 0.15) is 26.3 Å². The maximum atomic E-state index is 12.3. The van der Waals surface area contributed by atoms with Gasteiger partial charge in [0.15, 0.2) is 0 Å². The minimum atomic E-state index is -0.695. The van der Waals surface area contributed by atoms with Crippen molar-refractivity contribution >= 4 is 23.7 Å². The largest absolute Gasteiger partial charge is 0.453 e. The average molecular weight is 328 g/mol. The first-order valence-electron chi connectivity index (χ1n) is 6.98. The predicted octanol–water partition coefficient (Wildman–Crippen LogP) is 2.49. The lowest BCUT2D eigenvalue weighted by Crippen LogP contribution is -2.16. The van der Waals surface area contributed by atoms with E-state index in [-0.39, 0.29) is 16.9 Å². The van der Waals surface area contributed by atoms with Crippen LogP contribution in [0.25, 0.3) is 0 Å². The monoisotopic (exact) mass is 328 g/mol. The van der Waals surface area contributed by atoms with Gasteiger partial charge < -0.3 is 15.2 Å². The number of hydrogen-bond acceptors (Lipinski definition) is 5. The lowest BCUT2D eigenvalue weighted by atomic mass is 10.1. The van der Waals surface area contributed by atoms with E-state index in [1.54, 1.807) is 31.2 Å². The molecule has 0 fully saturated rings. The van der Waals surface area contributed by atoms with E-state index in [0.717, 1.165) is 5.56 Å². The van der Waals surface area contributed by atoms with Gasteiger partial charge in [0.25, 0.3) is 5.91 Å². The zero-order valence-corrected chi connectivity index (χ0v) is 13.2. The van der Waals surface area contributed by atoms with Gasteiger partial charge in [0, 0.05) is 5.69 Å². The minimum absolute atomic E-state index is 0.0823. The SMILES string of the molecule is COC(=O)Nc1cccc(C(=O)Oc2cc(C)ccc2C(N)=O)c1. The zero-order chi connectivity index (χ0) is 17.7. The molecule has 2 aromatic rings. The Morgan fingerprint density at radius 2 is 1.83 bits per heavy atom. The van der Waals surface area contributed by atoms with E-state index >= 15 is 0 Å². The summed E-state index contributed by atoms with van der Waals surface area (Å²) in [6, 6.07) is 10.9. The van der Waals surface area contributed by atoms with Crippen LogP contribution < -0.4 is 15.8 Å². The molecule has 0 spiro atoms. The van der Waals surface area contributed by atoms with Crippen LogP contribution in [0.5, 0.6) is 5.75 Å². The number of nitrogens with two attached hydrogens (primary N) is 1. The molecule has 0 saturated carbocycles. The Labute approximate surface area is 138 Å². The second kappa shape index (κ2) is 7.28. The van der Waals surface area contributed by atoms with Crippen LogP contribution in [-0.4, -0.2) is 25.1 Å². The Morgan fingerprint density at radius 3 is 2.50 bits per heavy atom. The number of rotatable bonds is 4. The number of anilines is 1. The van der Waals surface area contributed by atoms with Gasteiger partial charge in [0.05, 0.1) is 18.2 Å². The highest BCUT2D eigenvalue weighted by Crippen LogP contribution is 2.22. The number of nitrogens with one attached hydrogen (secondary N) is 1. The molecule has 0 aromatic heterocycles. The summed E-state index contributed by atoms with van der Waals surface area (Å²) >= 11 is 0. The number of benzene rings is 2. The molecule has 7 nitrogen and oxygen atoms in total. The van der Waals surface area contributed by atoms with Crippen LogP contribution in [0, 0.1) is 6.92 Å². The first kappa shape index (κ1) is 17.0. The van der Waals surface area contributed by atoms with Crippen molar-refractivity contribution in [2.45, 2.75) is 6.92 Å². The molecular weight excluding hydrogens is 312 g/mol. The van der Waals surface area contributed by atoms with E-state index in [2.05, 4.69) is 10.1 Å². The lowest BCUT2D eigenvalue weighted by molar-refractivity contribution is 0.0732. The quantitative estimate of drug-likeness (QED) is 0.662. The highest BCUT2D eigenvalue weighted by Gasteiger charge is 2.15. The lowest BCUT2D eigenvalue weighted by Gasteiger charge is -2.10. The van der Waals surface area contributed by atoms with E-state index in [4.69, 9.17) is 10.5 Å².